The van der Waals surface area contributed by atoms with Crippen LogP contribution in [0.3, 0.4) is 0 Å². The van der Waals surface area contributed by atoms with Gasteiger partial charge < -0.3 is 10.1 Å². The van der Waals surface area contributed by atoms with Gasteiger partial charge in [-0.2, -0.15) is 0 Å². The molecule has 118 valence electrons. The van der Waals surface area contributed by atoms with Crippen molar-refractivity contribution >= 4 is 0 Å². The maximum Gasteiger partial charge on any atom is 0.131 e. The molecule has 1 heterocycles. The van der Waals surface area contributed by atoms with E-state index in [-0.39, 0.29) is 11.9 Å². The number of unbranched alkanes of at least 4 members (excludes halogenated alkanes) is 2. The second-order valence-electron chi connectivity index (χ2n) is 5.68. The minimum absolute atomic E-state index is 0.144. The molecule has 1 aliphatic rings. The van der Waals surface area contributed by atoms with Gasteiger partial charge in [0.25, 0.3) is 0 Å². The molecule has 1 N–H and O–H groups in total. The van der Waals surface area contributed by atoms with E-state index in [1.807, 2.05) is 12.1 Å². The molecule has 1 atom stereocenters. The Morgan fingerprint density at radius 3 is 2.67 bits per heavy atom. The van der Waals surface area contributed by atoms with Crippen LogP contribution in [0.15, 0.2) is 18.2 Å². The summed E-state index contributed by atoms with van der Waals surface area (Å²) >= 11 is 0. The first-order valence-corrected chi connectivity index (χ1v) is 8.04. The molecule has 1 aromatic carbocycles. The zero-order valence-corrected chi connectivity index (χ0v) is 13.2. The molecule has 0 saturated carbocycles. The molecule has 0 unspecified atom stereocenters. The standard InChI is InChI=1S/C17H27FN2O/c1-3-4-5-6-17(20-11-9-19-10-12-20)15-8-7-14(21-2)13-16(15)18/h7-8,13,17,19H,3-6,9-12H2,1-2H3/t17-/m0/s1. The van der Waals surface area contributed by atoms with Gasteiger partial charge in [0.05, 0.1) is 7.11 Å². The fraction of sp³-hybridized carbons (Fsp3) is 0.647. The minimum atomic E-state index is -0.144. The van der Waals surface area contributed by atoms with Gasteiger partial charge in [-0.1, -0.05) is 32.3 Å². The van der Waals surface area contributed by atoms with Crippen LogP contribution in [0.1, 0.15) is 44.2 Å². The first-order valence-electron chi connectivity index (χ1n) is 8.04. The number of ether oxygens (including phenoxy) is 1. The van der Waals surface area contributed by atoms with E-state index >= 15 is 0 Å². The van der Waals surface area contributed by atoms with Gasteiger partial charge in [0.1, 0.15) is 11.6 Å². The second-order valence-corrected chi connectivity index (χ2v) is 5.68. The largest absolute Gasteiger partial charge is 0.497 e. The summed E-state index contributed by atoms with van der Waals surface area (Å²) < 4.78 is 19.5. The first kappa shape index (κ1) is 16.2. The molecular weight excluding hydrogens is 267 g/mol. The lowest BCUT2D eigenvalue weighted by molar-refractivity contribution is 0.159. The van der Waals surface area contributed by atoms with Gasteiger partial charge in [0.2, 0.25) is 0 Å². The van der Waals surface area contributed by atoms with Crippen molar-refractivity contribution in [1.82, 2.24) is 10.2 Å². The summed E-state index contributed by atoms with van der Waals surface area (Å²) in [5.74, 6) is 0.443. The van der Waals surface area contributed by atoms with Gasteiger partial charge >= 0.3 is 0 Å². The third kappa shape index (κ3) is 4.42. The van der Waals surface area contributed by atoms with E-state index in [9.17, 15) is 4.39 Å². The van der Waals surface area contributed by atoms with Crippen molar-refractivity contribution in [1.29, 1.82) is 0 Å². The number of nitrogens with one attached hydrogen (secondary N) is 1. The van der Waals surface area contributed by atoms with Crippen LogP contribution in [0.25, 0.3) is 0 Å². The van der Waals surface area contributed by atoms with Crippen LogP contribution in [-0.2, 0) is 0 Å². The highest BCUT2D eigenvalue weighted by Crippen LogP contribution is 2.30. The summed E-state index contributed by atoms with van der Waals surface area (Å²) in [5.41, 5.74) is 0.814. The molecule has 1 saturated heterocycles. The molecule has 1 fully saturated rings. The predicted octanol–water partition coefficient (Wildman–Crippen LogP) is 3.36. The van der Waals surface area contributed by atoms with Crippen molar-refractivity contribution in [3.05, 3.63) is 29.6 Å². The van der Waals surface area contributed by atoms with Gasteiger partial charge in [0, 0.05) is 43.9 Å². The Balaban J connectivity index is 2.16. The Morgan fingerprint density at radius 1 is 1.29 bits per heavy atom. The summed E-state index contributed by atoms with van der Waals surface area (Å²) in [7, 11) is 1.57. The highest BCUT2D eigenvalue weighted by molar-refractivity contribution is 5.31. The maximum absolute atomic E-state index is 14.4. The van der Waals surface area contributed by atoms with Gasteiger partial charge in [-0.25, -0.2) is 4.39 Å². The average molecular weight is 294 g/mol. The molecule has 2 rings (SSSR count). The number of nitrogens with zero attached hydrogens (tertiary/aromatic N) is 1. The lowest BCUT2D eigenvalue weighted by atomic mass is 9.97. The van der Waals surface area contributed by atoms with E-state index in [2.05, 4.69) is 17.1 Å². The van der Waals surface area contributed by atoms with E-state index in [1.54, 1.807) is 7.11 Å². The monoisotopic (exact) mass is 294 g/mol. The van der Waals surface area contributed by atoms with Crippen molar-refractivity contribution < 1.29 is 9.13 Å². The SMILES string of the molecule is CCCCC[C@@H](c1ccc(OC)cc1F)N1CCNCC1. The third-order valence-corrected chi connectivity index (χ3v) is 4.24. The first-order chi connectivity index (χ1) is 10.3. The van der Waals surface area contributed by atoms with Crippen molar-refractivity contribution in [3.8, 4) is 5.75 Å². The molecule has 0 aliphatic carbocycles. The van der Waals surface area contributed by atoms with E-state index < -0.39 is 0 Å². The number of hydrogen-bond donors (Lipinski definition) is 1. The van der Waals surface area contributed by atoms with Crippen LogP contribution in [0.2, 0.25) is 0 Å². The molecule has 0 spiro atoms. The summed E-state index contributed by atoms with van der Waals surface area (Å²) in [6, 6.07) is 5.45. The molecule has 0 bridgehead atoms. The quantitative estimate of drug-likeness (QED) is 0.780. The van der Waals surface area contributed by atoms with Crippen molar-refractivity contribution in [2.24, 2.45) is 0 Å². The Hall–Kier alpha value is -1.13. The molecule has 4 heteroatoms. The smallest absolute Gasteiger partial charge is 0.131 e. The van der Waals surface area contributed by atoms with E-state index in [0.717, 1.165) is 44.6 Å². The topological polar surface area (TPSA) is 24.5 Å². The number of benzene rings is 1. The Morgan fingerprint density at radius 2 is 2.05 bits per heavy atom. The fourth-order valence-electron chi connectivity index (χ4n) is 3.02. The van der Waals surface area contributed by atoms with Crippen molar-refractivity contribution in [2.45, 2.75) is 38.6 Å². The molecule has 21 heavy (non-hydrogen) atoms. The Bertz CT molecular complexity index is 433. The number of rotatable bonds is 7. The van der Waals surface area contributed by atoms with Crippen LogP contribution in [0.4, 0.5) is 4.39 Å². The molecule has 1 aromatic rings. The molecule has 0 aromatic heterocycles. The van der Waals surface area contributed by atoms with Crippen LogP contribution in [0, 0.1) is 5.82 Å². The summed E-state index contributed by atoms with van der Waals surface area (Å²) in [6.45, 7) is 6.16. The lowest BCUT2D eigenvalue weighted by Gasteiger charge is -2.35. The van der Waals surface area contributed by atoms with Crippen molar-refractivity contribution in [3.63, 3.8) is 0 Å². The molecule has 1 aliphatic heterocycles. The number of halogens is 1. The van der Waals surface area contributed by atoms with Gasteiger partial charge in [-0.3, -0.25) is 4.90 Å². The zero-order valence-electron chi connectivity index (χ0n) is 13.2. The van der Waals surface area contributed by atoms with Crippen LogP contribution in [-0.4, -0.2) is 38.2 Å². The number of hydrogen-bond acceptors (Lipinski definition) is 3. The number of piperazine rings is 1. The minimum Gasteiger partial charge on any atom is -0.497 e. The summed E-state index contributed by atoms with van der Waals surface area (Å²) in [5, 5.41) is 3.37. The average Bonchev–Trinajstić information content (AvgIpc) is 2.53. The zero-order chi connectivity index (χ0) is 15.1. The van der Waals surface area contributed by atoms with Gasteiger partial charge in [-0.05, 0) is 12.5 Å². The molecule has 0 amide bonds. The predicted molar refractivity (Wildman–Crippen MR) is 84.3 cm³/mol. The Labute approximate surface area is 127 Å². The molecule has 3 nitrogen and oxygen atoms in total. The number of methoxy groups -OCH3 is 1. The fourth-order valence-corrected chi connectivity index (χ4v) is 3.02. The van der Waals surface area contributed by atoms with Gasteiger partial charge in [0.15, 0.2) is 0 Å². The van der Waals surface area contributed by atoms with E-state index in [4.69, 9.17) is 4.74 Å². The van der Waals surface area contributed by atoms with Crippen LogP contribution >= 0.6 is 0 Å². The third-order valence-electron chi connectivity index (χ3n) is 4.24. The summed E-state index contributed by atoms with van der Waals surface area (Å²) in [4.78, 5) is 2.41. The lowest BCUT2D eigenvalue weighted by Crippen LogP contribution is -2.45. The maximum atomic E-state index is 14.4. The molecular formula is C17H27FN2O. The highest BCUT2D eigenvalue weighted by atomic mass is 19.1. The van der Waals surface area contributed by atoms with Gasteiger partial charge in [-0.15, -0.1) is 0 Å². The van der Waals surface area contributed by atoms with E-state index in [1.165, 1.54) is 18.9 Å². The van der Waals surface area contributed by atoms with Crippen LogP contribution in [0.5, 0.6) is 5.75 Å². The van der Waals surface area contributed by atoms with Crippen molar-refractivity contribution in [2.75, 3.05) is 33.3 Å². The second kappa shape index (κ2) is 8.35. The highest BCUT2D eigenvalue weighted by Gasteiger charge is 2.24. The normalized spacial score (nSPS) is 17.7. The Kier molecular flexibility index (Phi) is 6.46. The van der Waals surface area contributed by atoms with Crippen LogP contribution < -0.4 is 10.1 Å². The summed E-state index contributed by atoms with van der Waals surface area (Å²) in [6.07, 6.45) is 4.58. The molecule has 0 radical (unpaired) electrons. The van der Waals surface area contributed by atoms with E-state index in [0.29, 0.717) is 5.75 Å².